The summed E-state index contributed by atoms with van der Waals surface area (Å²) < 4.78 is 0. The normalized spacial score (nSPS) is 17.8. The van der Waals surface area contributed by atoms with E-state index < -0.39 is 0 Å². The van der Waals surface area contributed by atoms with Crippen molar-refractivity contribution < 1.29 is 5.11 Å². The van der Waals surface area contributed by atoms with Gasteiger partial charge in [-0.2, -0.15) is 0 Å². The van der Waals surface area contributed by atoms with Crippen molar-refractivity contribution in [3.05, 3.63) is 28.8 Å². The van der Waals surface area contributed by atoms with E-state index >= 15 is 0 Å². The fourth-order valence-electron chi connectivity index (χ4n) is 3.18. The van der Waals surface area contributed by atoms with E-state index in [1.165, 1.54) is 37.7 Å². The average molecular weight is 316 g/mol. The molecule has 1 N–H and O–H groups in total. The first-order valence-electron chi connectivity index (χ1n) is 9.00. The first-order valence-corrected chi connectivity index (χ1v) is 9.00. The summed E-state index contributed by atoms with van der Waals surface area (Å²) in [6.45, 7) is 13.1. The predicted octanol–water partition coefficient (Wildman–Crippen LogP) is 5.74. The summed E-state index contributed by atoms with van der Waals surface area (Å²) in [5.41, 5.74) is 3.10. The van der Waals surface area contributed by atoms with Gasteiger partial charge in [0.25, 0.3) is 0 Å². The van der Waals surface area contributed by atoms with Gasteiger partial charge in [0.05, 0.1) is 0 Å². The lowest BCUT2D eigenvalue weighted by atomic mass is 9.79. The van der Waals surface area contributed by atoms with Crippen molar-refractivity contribution in [1.29, 1.82) is 0 Å². The molecule has 0 aliphatic heterocycles. The van der Waals surface area contributed by atoms with Crippen LogP contribution in [0, 0.1) is 0 Å². The largest absolute Gasteiger partial charge is 0.507 e. The molecule has 0 radical (unpaired) electrons. The number of rotatable bonds is 2. The molecular formula is C21H33NO. The zero-order chi connectivity index (χ0) is 17.3. The van der Waals surface area contributed by atoms with Crippen LogP contribution >= 0.6 is 0 Å². The molecule has 1 aromatic rings. The summed E-state index contributed by atoms with van der Waals surface area (Å²) in [4.78, 5) is 4.78. The number of aliphatic imine (C=N–C) groups is 1. The second kappa shape index (κ2) is 6.67. The fraction of sp³-hybridized carbons (Fsp3) is 0.667. The van der Waals surface area contributed by atoms with Crippen LogP contribution < -0.4 is 0 Å². The summed E-state index contributed by atoms with van der Waals surface area (Å²) >= 11 is 0. The highest BCUT2D eigenvalue weighted by atomic mass is 16.3. The van der Waals surface area contributed by atoms with Gasteiger partial charge in [-0.3, -0.25) is 4.99 Å². The molecule has 1 aliphatic carbocycles. The quantitative estimate of drug-likeness (QED) is 0.694. The van der Waals surface area contributed by atoms with E-state index in [9.17, 15) is 5.11 Å². The number of phenolic OH excluding ortho intramolecular Hbond substituents is 1. The highest BCUT2D eigenvalue weighted by molar-refractivity contribution is 5.85. The molecule has 0 heterocycles. The predicted molar refractivity (Wildman–Crippen MR) is 100.0 cm³/mol. The standard InChI is InChI=1S/C21H33NO/c1-20(2,3)16-12-15(14-22-17-10-8-7-9-11-17)19(23)18(13-16)21(4,5)6/h12-14,17,23H,7-11H2,1-6H3/b22-14+. The maximum absolute atomic E-state index is 10.8. The van der Waals surface area contributed by atoms with Crippen molar-refractivity contribution in [3.8, 4) is 5.75 Å². The maximum Gasteiger partial charge on any atom is 0.128 e. The first kappa shape index (κ1) is 18.0. The highest BCUT2D eigenvalue weighted by Gasteiger charge is 2.24. The van der Waals surface area contributed by atoms with Gasteiger partial charge in [-0.1, -0.05) is 66.9 Å². The van der Waals surface area contributed by atoms with Crippen LogP contribution in [0.4, 0.5) is 0 Å². The molecule has 0 bridgehead atoms. The molecule has 2 rings (SSSR count). The van der Waals surface area contributed by atoms with E-state index in [1.54, 1.807) is 0 Å². The van der Waals surface area contributed by atoms with Gasteiger partial charge in [0.15, 0.2) is 0 Å². The third kappa shape index (κ3) is 4.59. The number of aromatic hydroxyl groups is 1. The van der Waals surface area contributed by atoms with Gasteiger partial charge < -0.3 is 5.11 Å². The Morgan fingerprint density at radius 1 is 0.957 bits per heavy atom. The van der Waals surface area contributed by atoms with E-state index in [4.69, 9.17) is 4.99 Å². The van der Waals surface area contributed by atoms with Crippen molar-refractivity contribution >= 4 is 6.21 Å². The molecule has 23 heavy (non-hydrogen) atoms. The second-order valence-electron chi connectivity index (χ2n) is 9.03. The van der Waals surface area contributed by atoms with E-state index in [2.05, 4.69) is 53.7 Å². The number of benzene rings is 1. The lowest BCUT2D eigenvalue weighted by Crippen LogP contribution is -2.17. The minimum atomic E-state index is -0.0846. The van der Waals surface area contributed by atoms with Crippen LogP contribution in [-0.4, -0.2) is 17.4 Å². The summed E-state index contributed by atoms with van der Waals surface area (Å²) in [5, 5.41) is 10.8. The van der Waals surface area contributed by atoms with Gasteiger partial charge in [-0.15, -0.1) is 0 Å². The number of hydrogen-bond donors (Lipinski definition) is 1. The molecule has 0 aromatic heterocycles. The van der Waals surface area contributed by atoms with Crippen molar-refractivity contribution in [2.45, 2.75) is 90.5 Å². The molecule has 1 saturated carbocycles. The van der Waals surface area contributed by atoms with Gasteiger partial charge in [0.2, 0.25) is 0 Å². The third-order valence-electron chi connectivity index (χ3n) is 4.81. The Morgan fingerprint density at radius 2 is 1.57 bits per heavy atom. The number of phenols is 1. The van der Waals surface area contributed by atoms with E-state index in [-0.39, 0.29) is 10.8 Å². The van der Waals surface area contributed by atoms with Gasteiger partial charge >= 0.3 is 0 Å². The molecule has 0 amide bonds. The zero-order valence-electron chi connectivity index (χ0n) is 15.7. The Kier molecular flexibility index (Phi) is 5.23. The van der Waals surface area contributed by atoms with Crippen molar-refractivity contribution in [2.75, 3.05) is 0 Å². The molecule has 2 heteroatoms. The average Bonchev–Trinajstić information content (AvgIpc) is 2.44. The highest BCUT2D eigenvalue weighted by Crippen LogP contribution is 2.37. The van der Waals surface area contributed by atoms with E-state index in [0.717, 1.165) is 11.1 Å². The Morgan fingerprint density at radius 3 is 2.09 bits per heavy atom. The first-order chi connectivity index (χ1) is 10.6. The van der Waals surface area contributed by atoms with Gasteiger partial charge in [-0.25, -0.2) is 0 Å². The fourth-order valence-corrected chi connectivity index (χ4v) is 3.18. The van der Waals surface area contributed by atoms with Crippen LogP contribution in [0.1, 0.15) is 90.3 Å². The smallest absolute Gasteiger partial charge is 0.128 e. The van der Waals surface area contributed by atoms with Gasteiger partial charge in [0.1, 0.15) is 5.75 Å². The second-order valence-corrected chi connectivity index (χ2v) is 9.03. The topological polar surface area (TPSA) is 32.6 Å². The summed E-state index contributed by atoms with van der Waals surface area (Å²) in [7, 11) is 0. The number of nitrogens with zero attached hydrogens (tertiary/aromatic N) is 1. The molecule has 1 fully saturated rings. The van der Waals surface area contributed by atoms with Gasteiger partial charge in [0, 0.05) is 23.4 Å². The summed E-state index contributed by atoms with van der Waals surface area (Å²) in [6.07, 6.45) is 8.18. The zero-order valence-corrected chi connectivity index (χ0v) is 15.7. The molecule has 128 valence electrons. The third-order valence-corrected chi connectivity index (χ3v) is 4.81. The van der Waals surface area contributed by atoms with E-state index in [0.29, 0.717) is 11.8 Å². The molecule has 0 atom stereocenters. The van der Waals surface area contributed by atoms with Crippen LogP contribution in [0.2, 0.25) is 0 Å². The van der Waals surface area contributed by atoms with Crippen LogP contribution in [0.25, 0.3) is 0 Å². The summed E-state index contributed by atoms with van der Waals surface area (Å²) in [5.74, 6) is 0.394. The minimum absolute atomic E-state index is 0.0567. The monoisotopic (exact) mass is 315 g/mol. The molecule has 0 unspecified atom stereocenters. The van der Waals surface area contributed by atoms with Crippen LogP contribution in [0.15, 0.2) is 17.1 Å². The summed E-state index contributed by atoms with van der Waals surface area (Å²) in [6, 6.07) is 4.70. The molecule has 1 aromatic carbocycles. The van der Waals surface area contributed by atoms with Crippen molar-refractivity contribution in [3.63, 3.8) is 0 Å². The Bertz CT molecular complexity index is 567. The maximum atomic E-state index is 10.8. The van der Waals surface area contributed by atoms with Crippen molar-refractivity contribution in [1.82, 2.24) is 0 Å². The van der Waals surface area contributed by atoms with E-state index in [1.807, 2.05) is 6.21 Å². The Hall–Kier alpha value is -1.31. The molecule has 0 spiro atoms. The van der Waals surface area contributed by atoms with Crippen molar-refractivity contribution in [2.24, 2.45) is 4.99 Å². The Labute approximate surface area is 142 Å². The lowest BCUT2D eigenvalue weighted by Gasteiger charge is -2.27. The molecule has 1 aliphatic rings. The van der Waals surface area contributed by atoms with Crippen LogP contribution in [-0.2, 0) is 10.8 Å². The lowest BCUT2D eigenvalue weighted by molar-refractivity contribution is 0.440. The minimum Gasteiger partial charge on any atom is -0.507 e. The molecule has 2 nitrogen and oxygen atoms in total. The Balaban J connectivity index is 2.42. The SMILES string of the molecule is CC(C)(C)c1cc(/C=N/C2CCCCC2)c(O)c(C(C)(C)C)c1. The molecule has 0 saturated heterocycles. The van der Waals surface area contributed by atoms with Gasteiger partial charge in [-0.05, 0) is 35.3 Å². The van der Waals surface area contributed by atoms with Crippen LogP contribution in [0.3, 0.4) is 0 Å². The molecular weight excluding hydrogens is 282 g/mol. The van der Waals surface area contributed by atoms with Crippen LogP contribution in [0.5, 0.6) is 5.75 Å². The number of hydrogen-bond acceptors (Lipinski definition) is 2.